The van der Waals surface area contributed by atoms with Crippen molar-refractivity contribution in [3.05, 3.63) is 16.1 Å². The van der Waals surface area contributed by atoms with Crippen molar-refractivity contribution in [2.24, 2.45) is 0 Å². The lowest BCUT2D eigenvalue weighted by Crippen LogP contribution is -2.29. The van der Waals surface area contributed by atoms with Crippen LogP contribution in [0.5, 0.6) is 0 Å². The fraction of sp³-hybridized carbons (Fsp3) is 0.786. The fourth-order valence-electron chi connectivity index (χ4n) is 2.12. The Morgan fingerprint density at radius 3 is 3.05 bits per heavy atom. The molecule has 0 unspecified atom stereocenters. The molecule has 1 heterocycles. The van der Waals surface area contributed by atoms with E-state index in [2.05, 4.69) is 22.5 Å². The summed E-state index contributed by atoms with van der Waals surface area (Å²) in [5.41, 5.74) is 1.21. The van der Waals surface area contributed by atoms with E-state index in [1.807, 2.05) is 0 Å². The smallest absolute Gasteiger partial charge is 0.107 e. The number of hydrogen-bond donors (Lipinski definition) is 1. The molecule has 0 aliphatic heterocycles. The highest BCUT2D eigenvalue weighted by Crippen LogP contribution is 2.28. The highest BCUT2D eigenvalue weighted by Gasteiger charge is 2.28. The van der Waals surface area contributed by atoms with Crippen LogP contribution in [0.25, 0.3) is 0 Å². The first-order valence-electron chi connectivity index (χ1n) is 7.20. The van der Waals surface area contributed by atoms with Crippen LogP contribution in [0.3, 0.4) is 0 Å². The Balaban J connectivity index is 1.79. The summed E-state index contributed by atoms with van der Waals surface area (Å²) in [6.45, 7) is 6.95. The molecule has 1 aliphatic rings. The Morgan fingerprint density at radius 2 is 2.37 bits per heavy atom. The second-order valence-corrected chi connectivity index (χ2v) is 6.05. The number of ether oxygens (including phenoxy) is 1. The van der Waals surface area contributed by atoms with Crippen LogP contribution in [0.2, 0.25) is 0 Å². The predicted molar refractivity (Wildman–Crippen MR) is 79.4 cm³/mol. The number of hydrogen-bond acceptors (Lipinski definition) is 5. The number of methoxy groups -OCH3 is 1. The van der Waals surface area contributed by atoms with Gasteiger partial charge in [-0.15, -0.1) is 11.3 Å². The van der Waals surface area contributed by atoms with Gasteiger partial charge in [0.2, 0.25) is 0 Å². The number of thiazole rings is 1. The van der Waals surface area contributed by atoms with Gasteiger partial charge < -0.3 is 10.1 Å². The molecule has 0 radical (unpaired) electrons. The van der Waals surface area contributed by atoms with Gasteiger partial charge in [0.15, 0.2) is 0 Å². The molecule has 1 N–H and O–H groups in total. The maximum Gasteiger partial charge on any atom is 0.107 e. The van der Waals surface area contributed by atoms with E-state index in [1.165, 1.54) is 30.0 Å². The summed E-state index contributed by atoms with van der Waals surface area (Å²) in [5.74, 6) is 0. The van der Waals surface area contributed by atoms with E-state index in [9.17, 15) is 0 Å². The zero-order valence-corrected chi connectivity index (χ0v) is 12.8. The van der Waals surface area contributed by atoms with Gasteiger partial charge in [0.1, 0.15) is 5.01 Å². The van der Waals surface area contributed by atoms with Crippen molar-refractivity contribution in [3.8, 4) is 0 Å². The van der Waals surface area contributed by atoms with Crippen LogP contribution in [0, 0.1) is 0 Å². The van der Waals surface area contributed by atoms with E-state index in [0.717, 1.165) is 38.8 Å². The molecule has 19 heavy (non-hydrogen) atoms. The van der Waals surface area contributed by atoms with Gasteiger partial charge in [0.25, 0.3) is 0 Å². The standard InChI is InChI=1S/C14H25N3OS/c1-3-6-15-9-14-16-12(11-19-14)10-17(7-8-18-2)13-4-5-13/h11,13,15H,3-10H2,1-2H3. The van der Waals surface area contributed by atoms with Gasteiger partial charge in [-0.2, -0.15) is 0 Å². The van der Waals surface area contributed by atoms with Crippen molar-refractivity contribution in [2.45, 2.75) is 45.3 Å². The third-order valence-electron chi connectivity index (χ3n) is 3.31. The SMILES string of the molecule is CCCNCc1nc(CN(CCOC)C2CC2)cs1. The van der Waals surface area contributed by atoms with Crippen molar-refractivity contribution in [1.82, 2.24) is 15.2 Å². The fourth-order valence-corrected chi connectivity index (χ4v) is 2.88. The van der Waals surface area contributed by atoms with Gasteiger partial charge in [-0.1, -0.05) is 6.92 Å². The van der Waals surface area contributed by atoms with Crippen LogP contribution >= 0.6 is 11.3 Å². The highest BCUT2D eigenvalue weighted by atomic mass is 32.1. The van der Waals surface area contributed by atoms with Gasteiger partial charge in [0, 0.05) is 38.2 Å². The van der Waals surface area contributed by atoms with Gasteiger partial charge in [-0.05, 0) is 25.8 Å². The molecule has 0 spiro atoms. The van der Waals surface area contributed by atoms with Gasteiger partial charge >= 0.3 is 0 Å². The van der Waals surface area contributed by atoms with Crippen LogP contribution in [-0.2, 0) is 17.8 Å². The van der Waals surface area contributed by atoms with E-state index in [4.69, 9.17) is 9.72 Å². The lowest BCUT2D eigenvalue weighted by molar-refractivity contribution is 0.139. The maximum atomic E-state index is 5.19. The summed E-state index contributed by atoms with van der Waals surface area (Å²) in [6, 6.07) is 0.763. The third-order valence-corrected chi connectivity index (χ3v) is 4.21. The molecule has 4 nitrogen and oxygen atoms in total. The van der Waals surface area contributed by atoms with Gasteiger partial charge in [-0.3, -0.25) is 4.90 Å². The van der Waals surface area contributed by atoms with Crippen LogP contribution in [0.1, 0.15) is 36.9 Å². The molecule has 1 aliphatic carbocycles. The van der Waals surface area contributed by atoms with E-state index in [0.29, 0.717) is 0 Å². The summed E-state index contributed by atoms with van der Waals surface area (Å²) in [6.07, 6.45) is 3.84. The maximum absolute atomic E-state index is 5.19. The molecule has 0 atom stereocenters. The lowest BCUT2D eigenvalue weighted by Gasteiger charge is -2.20. The van der Waals surface area contributed by atoms with Gasteiger partial charge in [-0.25, -0.2) is 4.98 Å². The Hall–Kier alpha value is -0.490. The Kier molecular flexibility index (Phi) is 6.23. The van der Waals surface area contributed by atoms with E-state index in [-0.39, 0.29) is 0 Å². The molecule has 0 bridgehead atoms. The monoisotopic (exact) mass is 283 g/mol. The summed E-state index contributed by atoms with van der Waals surface area (Å²) in [7, 11) is 1.77. The van der Waals surface area contributed by atoms with Crippen molar-refractivity contribution in [2.75, 3.05) is 26.8 Å². The molecule has 0 saturated heterocycles. The van der Waals surface area contributed by atoms with E-state index < -0.39 is 0 Å². The topological polar surface area (TPSA) is 37.4 Å². The number of aromatic nitrogens is 1. The first-order valence-corrected chi connectivity index (χ1v) is 8.08. The molecule has 1 saturated carbocycles. The molecule has 0 amide bonds. The van der Waals surface area contributed by atoms with Crippen LogP contribution in [0.4, 0.5) is 0 Å². The van der Waals surface area contributed by atoms with Crippen molar-refractivity contribution in [3.63, 3.8) is 0 Å². The Morgan fingerprint density at radius 1 is 1.53 bits per heavy atom. The molecule has 108 valence electrons. The first-order chi connectivity index (χ1) is 9.33. The molecule has 0 aromatic carbocycles. The van der Waals surface area contributed by atoms with Gasteiger partial charge in [0.05, 0.1) is 12.3 Å². The van der Waals surface area contributed by atoms with Crippen molar-refractivity contribution >= 4 is 11.3 Å². The largest absolute Gasteiger partial charge is 0.383 e. The second-order valence-electron chi connectivity index (χ2n) is 5.10. The Labute approximate surface area is 120 Å². The zero-order chi connectivity index (χ0) is 13.5. The lowest BCUT2D eigenvalue weighted by atomic mass is 10.4. The first kappa shape index (κ1) is 14.9. The second kappa shape index (κ2) is 7.94. The quantitative estimate of drug-likeness (QED) is 0.668. The van der Waals surface area contributed by atoms with Crippen LogP contribution in [0.15, 0.2) is 5.38 Å². The molecule has 5 heteroatoms. The normalized spacial score (nSPS) is 15.3. The van der Waals surface area contributed by atoms with Crippen LogP contribution < -0.4 is 5.32 Å². The average Bonchev–Trinajstić information content (AvgIpc) is 3.17. The average molecular weight is 283 g/mol. The molecule has 1 aromatic heterocycles. The minimum absolute atomic E-state index is 0.763. The van der Waals surface area contributed by atoms with Crippen LogP contribution in [-0.4, -0.2) is 42.7 Å². The number of nitrogens with one attached hydrogen (secondary N) is 1. The number of nitrogens with zero attached hydrogens (tertiary/aromatic N) is 2. The van der Waals surface area contributed by atoms with E-state index in [1.54, 1.807) is 18.4 Å². The molecular formula is C14H25N3OS. The van der Waals surface area contributed by atoms with Crippen molar-refractivity contribution < 1.29 is 4.74 Å². The third kappa shape index (κ3) is 5.18. The molecule has 2 rings (SSSR count). The Bertz CT molecular complexity index is 365. The minimum Gasteiger partial charge on any atom is -0.383 e. The zero-order valence-electron chi connectivity index (χ0n) is 12.0. The number of rotatable bonds is 10. The molecule has 1 aromatic rings. The van der Waals surface area contributed by atoms with Crippen molar-refractivity contribution in [1.29, 1.82) is 0 Å². The van der Waals surface area contributed by atoms with E-state index >= 15 is 0 Å². The summed E-state index contributed by atoms with van der Waals surface area (Å²) in [4.78, 5) is 7.22. The minimum atomic E-state index is 0.763. The summed E-state index contributed by atoms with van der Waals surface area (Å²) in [5, 5.41) is 6.80. The highest BCUT2D eigenvalue weighted by molar-refractivity contribution is 7.09. The summed E-state index contributed by atoms with van der Waals surface area (Å²) < 4.78 is 5.19. The summed E-state index contributed by atoms with van der Waals surface area (Å²) >= 11 is 1.77. The molecule has 1 fully saturated rings. The predicted octanol–water partition coefficient (Wildman–Crippen LogP) is 2.25. The molecular weight excluding hydrogens is 258 g/mol.